The molecule has 1 aliphatic rings. The molecular weight excluding hydrogens is 292 g/mol. The summed E-state index contributed by atoms with van der Waals surface area (Å²) < 4.78 is 2.11. The van der Waals surface area contributed by atoms with Gasteiger partial charge in [0.2, 0.25) is 0 Å². The molecule has 0 bridgehead atoms. The first kappa shape index (κ1) is 13.7. The fraction of sp³-hybridized carbons (Fsp3) is 0.235. The molecule has 0 fully saturated rings. The van der Waals surface area contributed by atoms with Crippen LogP contribution in [0.1, 0.15) is 0 Å². The van der Waals surface area contributed by atoms with E-state index in [1.807, 2.05) is 6.07 Å². The van der Waals surface area contributed by atoms with Gasteiger partial charge in [-0.25, -0.2) is 0 Å². The van der Waals surface area contributed by atoms with E-state index in [0.29, 0.717) is 0 Å². The van der Waals surface area contributed by atoms with Crippen LogP contribution in [0.3, 0.4) is 0 Å². The van der Waals surface area contributed by atoms with Crippen LogP contribution in [0.25, 0.3) is 22.2 Å². The second-order valence-electron chi connectivity index (χ2n) is 5.85. The molecule has 0 amide bonds. The van der Waals surface area contributed by atoms with Gasteiger partial charge < -0.3 is 10.6 Å². The molecule has 2 N–H and O–H groups in total. The molecule has 0 saturated heterocycles. The van der Waals surface area contributed by atoms with Crippen LogP contribution in [-0.4, -0.2) is 35.3 Å². The summed E-state index contributed by atoms with van der Waals surface area (Å²) in [5.74, 6) is 0. The van der Waals surface area contributed by atoms with Gasteiger partial charge in [-0.05, 0) is 32.3 Å². The van der Waals surface area contributed by atoms with E-state index in [2.05, 4.69) is 54.0 Å². The Morgan fingerprint density at radius 1 is 1.18 bits per heavy atom. The minimum Gasteiger partial charge on any atom is -0.398 e. The van der Waals surface area contributed by atoms with Gasteiger partial charge in [-0.2, -0.15) is 5.10 Å². The molecule has 1 aromatic heterocycles. The highest BCUT2D eigenvalue weighted by atomic mass is 32.2. The second kappa shape index (κ2) is 5.04. The molecule has 0 unspecified atom stereocenters. The molecule has 0 saturated carbocycles. The number of nitrogens with zero attached hydrogens (tertiary/aromatic N) is 3. The summed E-state index contributed by atoms with van der Waals surface area (Å²) in [6.45, 7) is 1.84. The van der Waals surface area contributed by atoms with Gasteiger partial charge in [0.05, 0.1) is 12.1 Å². The first-order valence-corrected chi connectivity index (χ1v) is 8.18. The summed E-state index contributed by atoms with van der Waals surface area (Å²) in [6.07, 6.45) is 0. The van der Waals surface area contributed by atoms with Crippen molar-refractivity contribution >= 4 is 28.4 Å². The SMILES string of the molecule is CN(C)CCn1nc2c3c(c(N)ccc31)Sc1ccccc1-2. The molecule has 0 radical (unpaired) electrons. The smallest absolute Gasteiger partial charge is 0.103 e. The average Bonchev–Trinajstić information content (AvgIpc) is 2.88. The van der Waals surface area contributed by atoms with E-state index in [1.54, 1.807) is 11.8 Å². The third kappa shape index (κ3) is 2.01. The van der Waals surface area contributed by atoms with Gasteiger partial charge in [0.15, 0.2) is 0 Å². The van der Waals surface area contributed by atoms with Crippen LogP contribution in [-0.2, 0) is 6.54 Å². The topological polar surface area (TPSA) is 47.1 Å². The summed E-state index contributed by atoms with van der Waals surface area (Å²) in [7, 11) is 4.17. The predicted molar refractivity (Wildman–Crippen MR) is 92.3 cm³/mol. The van der Waals surface area contributed by atoms with Crippen LogP contribution in [0.15, 0.2) is 46.2 Å². The average molecular weight is 310 g/mol. The standard InChI is InChI=1S/C17H18N4S/c1-20(2)9-10-21-13-8-7-12(18)17-15(13)16(19-21)11-5-3-4-6-14(11)22-17/h3-8H,9-10,18H2,1-2H3. The minimum absolute atomic E-state index is 0.834. The maximum Gasteiger partial charge on any atom is 0.103 e. The lowest BCUT2D eigenvalue weighted by molar-refractivity contribution is 0.377. The van der Waals surface area contributed by atoms with Crippen molar-refractivity contribution in [1.29, 1.82) is 0 Å². The van der Waals surface area contributed by atoms with E-state index in [4.69, 9.17) is 10.8 Å². The van der Waals surface area contributed by atoms with Crippen LogP contribution in [0.5, 0.6) is 0 Å². The molecule has 4 rings (SSSR count). The van der Waals surface area contributed by atoms with Crippen molar-refractivity contribution in [1.82, 2.24) is 14.7 Å². The summed E-state index contributed by atoms with van der Waals surface area (Å²) in [6, 6.07) is 12.5. The van der Waals surface area contributed by atoms with Gasteiger partial charge in [0.25, 0.3) is 0 Å². The maximum absolute atomic E-state index is 6.22. The largest absolute Gasteiger partial charge is 0.398 e. The zero-order valence-corrected chi connectivity index (χ0v) is 13.5. The van der Waals surface area contributed by atoms with Gasteiger partial charge in [-0.1, -0.05) is 30.0 Å². The van der Waals surface area contributed by atoms with E-state index in [-0.39, 0.29) is 0 Å². The van der Waals surface area contributed by atoms with Gasteiger partial charge in [-0.3, -0.25) is 4.68 Å². The molecule has 22 heavy (non-hydrogen) atoms. The van der Waals surface area contributed by atoms with E-state index in [0.717, 1.165) is 29.4 Å². The fourth-order valence-corrected chi connectivity index (χ4v) is 4.01. The van der Waals surface area contributed by atoms with Crippen molar-refractivity contribution in [2.24, 2.45) is 0 Å². The number of benzene rings is 2. The fourth-order valence-electron chi connectivity index (χ4n) is 2.88. The monoisotopic (exact) mass is 310 g/mol. The molecule has 0 atom stereocenters. The van der Waals surface area contributed by atoms with Crippen LogP contribution in [0.2, 0.25) is 0 Å². The third-order valence-corrected chi connectivity index (χ3v) is 5.23. The summed E-state index contributed by atoms with van der Waals surface area (Å²) in [5, 5.41) is 6.09. The normalized spacial score (nSPS) is 12.9. The Kier molecular flexibility index (Phi) is 3.13. The Morgan fingerprint density at radius 2 is 2.00 bits per heavy atom. The van der Waals surface area contributed by atoms with Crippen molar-refractivity contribution in [3.8, 4) is 11.3 Å². The highest BCUT2D eigenvalue weighted by molar-refractivity contribution is 8.00. The van der Waals surface area contributed by atoms with E-state index < -0.39 is 0 Å². The quantitative estimate of drug-likeness (QED) is 0.590. The summed E-state index contributed by atoms with van der Waals surface area (Å²) in [5.41, 5.74) is 10.5. The predicted octanol–water partition coefficient (Wildman–Crippen LogP) is 3.31. The highest BCUT2D eigenvalue weighted by Gasteiger charge is 2.24. The molecule has 5 heteroatoms. The minimum atomic E-state index is 0.834. The van der Waals surface area contributed by atoms with Crippen molar-refractivity contribution in [3.05, 3.63) is 36.4 Å². The zero-order chi connectivity index (χ0) is 15.3. The summed E-state index contributed by atoms with van der Waals surface area (Å²) in [4.78, 5) is 4.54. The Hall–Kier alpha value is -1.98. The van der Waals surface area contributed by atoms with Crippen molar-refractivity contribution in [2.75, 3.05) is 26.4 Å². The lowest BCUT2D eigenvalue weighted by atomic mass is 10.1. The molecule has 2 heterocycles. The first-order valence-electron chi connectivity index (χ1n) is 7.36. The Morgan fingerprint density at radius 3 is 2.82 bits per heavy atom. The summed E-state index contributed by atoms with van der Waals surface area (Å²) >= 11 is 1.75. The number of rotatable bonds is 3. The first-order chi connectivity index (χ1) is 10.6. The number of nitrogens with two attached hydrogens (primary N) is 1. The van der Waals surface area contributed by atoms with E-state index in [9.17, 15) is 0 Å². The molecule has 0 spiro atoms. The van der Waals surface area contributed by atoms with Crippen LogP contribution in [0.4, 0.5) is 5.69 Å². The van der Waals surface area contributed by atoms with Crippen LogP contribution >= 0.6 is 11.8 Å². The number of nitrogen functional groups attached to an aromatic ring is 1. The van der Waals surface area contributed by atoms with Crippen molar-refractivity contribution in [2.45, 2.75) is 16.3 Å². The number of hydrogen-bond donors (Lipinski definition) is 1. The molecule has 1 aliphatic heterocycles. The molecule has 4 nitrogen and oxygen atoms in total. The lowest BCUT2D eigenvalue weighted by Crippen LogP contribution is -2.18. The Labute approximate surface area is 133 Å². The van der Waals surface area contributed by atoms with Crippen LogP contribution < -0.4 is 5.73 Å². The molecular formula is C17H18N4S. The number of anilines is 1. The molecule has 2 aromatic carbocycles. The number of likely N-dealkylation sites (N-methyl/N-ethyl adjacent to an activating group) is 1. The van der Waals surface area contributed by atoms with Gasteiger partial charge in [0, 0.05) is 33.0 Å². The van der Waals surface area contributed by atoms with E-state index in [1.165, 1.54) is 21.4 Å². The van der Waals surface area contributed by atoms with Gasteiger partial charge in [0.1, 0.15) is 5.69 Å². The molecule has 3 aromatic rings. The Bertz CT molecular complexity index is 866. The highest BCUT2D eigenvalue weighted by Crippen LogP contribution is 2.49. The van der Waals surface area contributed by atoms with Crippen LogP contribution in [0, 0.1) is 0 Å². The third-order valence-electron chi connectivity index (χ3n) is 4.01. The van der Waals surface area contributed by atoms with Crippen molar-refractivity contribution in [3.63, 3.8) is 0 Å². The van der Waals surface area contributed by atoms with E-state index >= 15 is 0 Å². The van der Waals surface area contributed by atoms with Gasteiger partial charge >= 0.3 is 0 Å². The lowest BCUT2D eigenvalue weighted by Gasteiger charge is -2.16. The zero-order valence-electron chi connectivity index (χ0n) is 12.7. The van der Waals surface area contributed by atoms with Gasteiger partial charge in [-0.15, -0.1) is 0 Å². The number of fused-ring (bicyclic) bond motifs is 2. The maximum atomic E-state index is 6.22. The number of hydrogen-bond acceptors (Lipinski definition) is 4. The van der Waals surface area contributed by atoms with Crippen molar-refractivity contribution < 1.29 is 0 Å². The Balaban J connectivity index is 1.97. The molecule has 0 aliphatic carbocycles. The molecule has 112 valence electrons. The number of aromatic nitrogens is 2. The second-order valence-corrected chi connectivity index (χ2v) is 6.90.